The number of nitrogens with zero attached hydrogens (tertiary/aromatic N) is 1. The number of phenolic OH excluding ortho intramolecular Hbond substituents is 1. The number of hydrogen-bond donors (Lipinski definition) is 2. The van der Waals surface area contributed by atoms with E-state index in [2.05, 4.69) is 18.0 Å². The fourth-order valence-electron chi connectivity index (χ4n) is 2.64. The largest absolute Gasteiger partial charge is 0.508 e. The number of likely N-dealkylation sites (tertiary alicyclic amines) is 1. The maximum atomic E-state index is 9.73. The van der Waals surface area contributed by atoms with Crippen LogP contribution in [-0.2, 0) is 0 Å². The smallest absolute Gasteiger partial charge is 0.118 e. The molecule has 2 rings (SSSR count). The Bertz CT molecular complexity index is 378. The summed E-state index contributed by atoms with van der Waals surface area (Å²) in [5.74, 6) is 0.971. The van der Waals surface area contributed by atoms with Gasteiger partial charge in [-0.2, -0.15) is 0 Å². The normalized spacial score (nSPS) is 26.2. The summed E-state index contributed by atoms with van der Waals surface area (Å²) in [6, 6.07) is 6.17. The molecule has 0 aromatic heterocycles. The van der Waals surface area contributed by atoms with Crippen LogP contribution < -0.4 is 5.73 Å². The number of nitrogens with two attached hydrogens (primary N) is 1. The summed E-state index contributed by atoms with van der Waals surface area (Å²) in [6.45, 7) is 3.78. The average Bonchev–Trinajstić information content (AvgIpc) is 2.64. The van der Waals surface area contributed by atoms with Crippen LogP contribution in [-0.4, -0.2) is 30.1 Å². The standard InChI is InChI=1S/C13H20N2O/c1-9-11(4-3-5-13(9)16)12-6-10(7-14)8-15(12)2/h3-5,10,12,16H,6-8,14H2,1-2H3. The summed E-state index contributed by atoms with van der Waals surface area (Å²) in [4.78, 5) is 2.33. The van der Waals surface area contributed by atoms with Crippen LogP contribution in [0.4, 0.5) is 0 Å². The van der Waals surface area contributed by atoms with E-state index in [1.807, 2.05) is 13.0 Å². The second kappa shape index (κ2) is 4.44. The van der Waals surface area contributed by atoms with Crippen LogP contribution in [0.25, 0.3) is 0 Å². The van der Waals surface area contributed by atoms with Gasteiger partial charge in [-0.1, -0.05) is 12.1 Å². The Balaban J connectivity index is 2.28. The summed E-state index contributed by atoms with van der Waals surface area (Å²) in [5, 5.41) is 9.73. The molecule has 2 atom stereocenters. The second-order valence-electron chi connectivity index (χ2n) is 4.78. The topological polar surface area (TPSA) is 49.5 Å². The Hall–Kier alpha value is -1.06. The predicted octanol–water partition coefficient (Wildman–Crippen LogP) is 1.65. The van der Waals surface area contributed by atoms with Crippen LogP contribution in [0.5, 0.6) is 5.75 Å². The summed E-state index contributed by atoms with van der Waals surface area (Å²) in [5.41, 5.74) is 7.96. The van der Waals surface area contributed by atoms with Crippen LogP contribution in [0.15, 0.2) is 18.2 Å². The molecular weight excluding hydrogens is 200 g/mol. The van der Waals surface area contributed by atoms with Crippen molar-refractivity contribution in [1.29, 1.82) is 0 Å². The number of phenols is 1. The molecule has 3 nitrogen and oxygen atoms in total. The Labute approximate surface area is 96.9 Å². The maximum Gasteiger partial charge on any atom is 0.118 e. The van der Waals surface area contributed by atoms with Crippen LogP contribution in [0.2, 0.25) is 0 Å². The van der Waals surface area contributed by atoms with E-state index < -0.39 is 0 Å². The average molecular weight is 220 g/mol. The molecule has 16 heavy (non-hydrogen) atoms. The lowest BCUT2D eigenvalue weighted by molar-refractivity contribution is 0.312. The third-order valence-corrected chi connectivity index (χ3v) is 3.67. The van der Waals surface area contributed by atoms with Gasteiger partial charge in [-0.3, -0.25) is 4.90 Å². The molecule has 1 heterocycles. The molecule has 1 aromatic rings. The van der Waals surface area contributed by atoms with Gasteiger partial charge in [0.1, 0.15) is 5.75 Å². The van der Waals surface area contributed by atoms with Crippen molar-refractivity contribution in [3.8, 4) is 5.75 Å². The first-order valence-electron chi connectivity index (χ1n) is 5.82. The van der Waals surface area contributed by atoms with Crippen molar-refractivity contribution >= 4 is 0 Å². The molecule has 0 amide bonds. The van der Waals surface area contributed by atoms with E-state index in [1.54, 1.807) is 6.07 Å². The van der Waals surface area contributed by atoms with Crippen molar-refractivity contribution in [2.75, 3.05) is 20.1 Å². The minimum absolute atomic E-state index is 0.391. The van der Waals surface area contributed by atoms with Gasteiger partial charge in [-0.05, 0) is 50.0 Å². The van der Waals surface area contributed by atoms with Crippen molar-refractivity contribution in [3.63, 3.8) is 0 Å². The third-order valence-electron chi connectivity index (χ3n) is 3.67. The molecule has 1 aromatic carbocycles. The van der Waals surface area contributed by atoms with Gasteiger partial charge in [0.05, 0.1) is 0 Å². The van der Waals surface area contributed by atoms with E-state index in [0.717, 1.165) is 25.1 Å². The highest BCUT2D eigenvalue weighted by molar-refractivity contribution is 5.40. The number of aromatic hydroxyl groups is 1. The zero-order valence-corrected chi connectivity index (χ0v) is 9.98. The van der Waals surface area contributed by atoms with Gasteiger partial charge < -0.3 is 10.8 Å². The van der Waals surface area contributed by atoms with E-state index >= 15 is 0 Å². The number of benzene rings is 1. The first-order valence-corrected chi connectivity index (χ1v) is 5.82. The molecule has 0 aliphatic carbocycles. The lowest BCUT2D eigenvalue weighted by Gasteiger charge is -2.21. The Morgan fingerprint density at radius 3 is 2.88 bits per heavy atom. The first kappa shape index (κ1) is 11.4. The molecule has 1 saturated heterocycles. The molecule has 1 fully saturated rings. The van der Waals surface area contributed by atoms with Crippen molar-refractivity contribution in [2.24, 2.45) is 11.7 Å². The lowest BCUT2D eigenvalue weighted by Crippen LogP contribution is -2.20. The van der Waals surface area contributed by atoms with Crippen LogP contribution in [0.3, 0.4) is 0 Å². The SMILES string of the molecule is Cc1c(O)cccc1C1CC(CN)CN1C. The zero-order valence-electron chi connectivity index (χ0n) is 9.98. The van der Waals surface area contributed by atoms with Crippen LogP contribution >= 0.6 is 0 Å². The van der Waals surface area contributed by atoms with E-state index in [1.165, 1.54) is 5.56 Å². The van der Waals surface area contributed by atoms with Gasteiger partial charge >= 0.3 is 0 Å². The van der Waals surface area contributed by atoms with Gasteiger partial charge in [-0.15, -0.1) is 0 Å². The van der Waals surface area contributed by atoms with Crippen molar-refractivity contribution < 1.29 is 5.11 Å². The molecule has 0 bridgehead atoms. The summed E-state index contributed by atoms with van der Waals surface area (Å²) in [7, 11) is 2.13. The van der Waals surface area contributed by atoms with Crippen LogP contribution in [0, 0.1) is 12.8 Å². The molecular formula is C13H20N2O. The molecule has 3 heteroatoms. The van der Waals surface area contributed by atoms with Gasteiger partial charge in [0.15, 0.2) is 0 Å². The Morgan fingerprint density at radius 1 is 1.50 bits per heavy atom. The lowest BCUT2D eigenvalue weighted by atomic mass is 9.96. The molecule has 0 saturated carbocycles. The zero-order chi connectivity index (χ0) is 11.7. The molecule has 0 radical (unpaired) electrons. The van der Waals surface area contributed by atoms with E-state index in [-0.39, 0.29) is 0 Å². The van der Waals surface area contributed by atoms with Gasteiger partial charge in [0.2, 0.25) is 0 Å². The molecule has 1 aliphatic rings. The maximum absolute atomic E-state index is 9.73. The van der Waals surface area contributed by atoms with Crippen molar-refractivity contribution in [3.05, 3.63) is 29.3 Å². The highest BCUT2D eigenvalue weighted by Gasteiger charge is 2.30. The number of hydrogen-bond acceptors (Lipinski definition) is 3. The van der Waals surface area contributed by atoms with Crippen molar-refractivity contribution in [2.45, 2.75) is 19.4 Å². The van der Waals surface area contributed by atoms with Gasteiger partial charge in [-0.25, -0.2) is 0 Å². The minimum Gasteiger partial charge on any atom is -0.508 e. The second-order valence-corrected chi connectivity index (χ2v) is 4.78. The van der Waals surface area contributed by atoms with E-state index in [0.29, 0.717) is 17.7 Å². The van der Waals surface area contributed by atoms with Gasteiger partial charge in [0, 0.05) is 12.6 Å². The van der Waals surface area contributed by atoms with E-state index in [9.17, 15) is 5.11 Å². The highest BCUT2D eigenvalue weighted by Crippen LogP contribution is 2.37. The monoisotopic (exact) mass is 220 g/mol. The molecule has 88 valence electrons. The summed E-state index contributed by atoms with van der Waals surface area (Å²) >= 11 is 0. The minimum atomic E-state index is 0.391. The Kier molecular flexibility index (Phi) is 3.17. The molecule has 2 unspecified atom stereocenters. The fourth-order valence-corrected chi connectivity index (χ4v) is 2.64. The summed E-state index contributed by atoms with van der Waals surface area (Å²) < 4.78 is 0. The summed E-state index contributed by atoms with van der Waals surface area (Å²) in [6.07, 6.45) is 1.09. The molecule has 3 N–H and O–H groups in total. The quantitative estimate of drug-likeness (QED) is 0.797. The molecule has 1 aliphatic heterocycles. The highest BCUT2D eigenvalue weighted by atomic mass is 16.3. The predicted molar refractivity (Wildman–Crippen MR) is 65.4 cm³/mol. The Morgan fingerprint density at radius 2 is 2.25 bits per heavy atom. The first-order chi connectivity index (χ1) is 7.63. The van der Waals surface area contributed by atoms with E-state index in [4.69, 9.17) is 5.73 Å². The van der Waals surface area contributed by atoms with Crippen molar-refractivity contribution in [1.82, 2.24) is 4.90 Å². The van der Waals surface area contributed by atoms with Gasteiger partial charge in [0.25, 0.3) is 0 Å². The fraction of sp³-hybridized carbons (Fsp3) is 0.538. The van der Waals surface area contributed by atoms with Crippen LogP contribution in [0.1, 0.15) is 23.6 Å². The molecule has 0 spiro atoms. The third kappa shape index (κ3) is 1.93. The number of rotatable bonds is 2.